The van der Waals surface area contributed by atoms with Gasteiger partial charge in [0, 0.05) is 24.5 Å². The average molecular weight is 472 g/mol. The van der Waals surface area contributed by atoms with Gasteiger partial charge in [-0.15, -0.1) is 11.8 Å². The van der Waals surface area contributed by atoms with Crippen molar-refractivity contribution in [3.63, 3.8) is 0 Å². The van der Waals surface area contributed by atoms with Crippen molar-refractivity contribution in [2.75, 3.05) is 30.3 Å². The van der Waals surface area contributed by atoms with Crippen molar-refractivity contribution in [2.45, 2.75) is 39.5 Å². The number of halogens is 5. The summed E-state index contributed by atoms with van der Waals surface area (Å²) in [5.41, 5.74) is 0.597. The Kier molecular flexibility index (Phi) is 8.45. The van der Waals surface area contributed by atoms with E-state index in [2.05, 4.69) is 18.7 Å². The fourth-order valence-electron chi connectivity index (χ4n) is 3.51. The van der Waals surface area contributed by atoms with Gasteiger partial charge in [0.1, 0.15) is 5.76 Å². The second-order valence-electron chi connectivity index (χ2n) is 7.54. The van der Waals surface area contributed by atoms with Crippen molar-refractivity contribution < 1.29 is 26.7 Å². The van der Waals surface area contributed by atoms with Crippen molar-refractivity contribution in [3.05, 3.63) is 64.5 Å². The molecule has 0 aliphatic carbocycles. The molecule has 0 N–H and O–H groups in total. The highest BCUT2D eigenvalue weighted by Crippen LogP contribution is 2.42. The summed E-state index contributed by atoms with van der Waals surface area (Å²) in [7, 11) is 0. The Bertz CT molecular complexity index is 940. The SMILES string of the molecule is CCCCN(CCCC)c1ccc(C2=C(c3c(F)c(F)c(F)c(F)c3F)OCCS2)cc1. The minimum atomic E-state index is -2.18. The number of hydrogen-bond donors (Lipinski definition) is 0. The maximum atomic E-state index is 14.4. The second kappa shape index (κ2) is 11.1. The molecule has 0 spiro atoms. The average Bonchev–Trinajstić information content (AvgIpc) is 2.82. The molecule has 0 unspecified atom stereocenters. The smallest absolute Gasteiger partial charge is 0.200 e. The van der Waals surface area contributed by atoms with E-state index in [-0.39, 0.29) is 12.4 Å². The van der Waals surface area contributed by atoms with Crippen LogP contribution >= 0.6 is 11.8 Å². The molecule has 0 aromatic heterocycles. The van der Waals surface area contributed by atoms with E-state index in [0.717, 1.165) is 44.5 Å². The lowest BCUT2D eigenvalue weighted by Crippen LogP contribution is -2.25. The van der Waals surface area contributed by atoms with E-state index >= 15 is 0 Å². The van der Waals surface area contributed by atoms with Gasteiger partial charge in [-0.3, -0.25) is 0 Å². The van der Waals surface area contributed by atoms with Crippen molar-refractivity contribution in [1.29, 1.82) is 0 Å². The molecular formula is C24H26F5NOS. The Labute approximate surface area is 189 Å². The molecule has 2 nitrogen and oxygen atoms in total. The van der Waals surface area contributed by atoms with Crippen LogP contribution < -0.4 is 4.90 Å². The minimum Gasteiger partial charge on any atom is -0.491 e. The minimum absolute atomic E-state index is 0.100. The van der Waals surface area contributed by atoms with Gasteiger partial charge in [-0.05, 0) is 30.5 Å². The second-order valence-corrected chi connectivity index (χ2v) is 8.65. The fraction of sp³-hybridized carbons (Fsp3) is 0.417. The third-order valence-electron chi connectivity index (χ3n) is 5.28. The molecule has 0 bridgehead atoms. The fourth-order valence-corrected chi connectivity index (χ4v) is 4.48. The third-order valence-corrected chi connectivity index (χ3v) is 6.36. The summed E-state index contributed by atoms with van der Waals surface area (Å²) in [6.07, 6.45) is 4.27. The molecule has 174 valence electrons. The summed E-state index contributed by atoms with van der Waals surface area (Å²) < 4.78 is 75.4. The van der Waals surface area contributed by atoms with Crippen LogP contribution in [0.1, 0.15) is 50.7 Å². The summed E-state index contributed by atoms with van der Waals surface area (Å²) in [5, 5.41) is 0. The molecule has 0 radical (unpaired) electrons. The number of ether oxygens (including phenoxy) is 1. The van der Waals surface area contributed by atoms with Crippen LogP contribution in [0, 0.1) is 29.1 Å². The van der Waals surface area contributed by atoms with Gasteiger partial charge < -0.3 is 9.64 Å². The normalized spacial score (nSPS) is 14.0. The number of benzene rings is 2. The maximum absolute atomic E-state index is 14.4. The van der Waals surface area contributed by atoms with E-state index in [1.807, 2.05) is 12.1 Å². The van der Waals surface area contributed by atoms with Gasteiger partial charge in [-0.2, -0.15) is 0 Å². The van der Waals surface area contributed by atoms with E-state index in [4.69, 9.17) is 4.74 Å². The van der Waals surface area contributed by atoms with Gasteiger partial charge in [0.2, 0.25) is 5.82 Å². The number of nitrogens with zero attached hydrogens (tertiary/aromatic N) is 1. The lowest BCUT2D eigenvalue weighted by Gasteiger charge is -2.26. The van der Waals surface area contributed by atoms with Crippen LogP contribution in [0.4, 0.5) is 27.6 Å². The maximum Gasteiger partial charge on any atom is 0.200 e. The van der Waals surface area contributed by atoms with Gasteiger partial charge in [-0.25, -0.2) is 22.0 Å². The summed E-state index contributed by atoms with van der Waals surface area (Å²) in [4.78, 5) is 2.64. The molecule has 3 rings (SSSR count). The molecule has 1 aliphatic heterocycles. The van der Waals surface area contributed by atoms with E-state index < -0.39 is 34.6 Å². The highest BCUT2D eigenvalue weighted by Gasteiger charge is 2.31. The molecule has 8 heteroatoms. The number of unbranched alkanes of at least 4 members (excludes halogenated alkanes) is 2. The van der Waals surface area contributed by atoms with Crippen molar-refractivity contribution in [3.8, 4) is 0 Å². The van der Waals surface area contributed by atoms with Gasteiger partial charge >= 0.3 is 0 Å². The largest absolute Gasteiger partial charge is 0.491 e. The molecular weight excluding hydrogens is 445 g/mol. The van der Waals surface area contributed by atoms with E-state index in [9.17, 15) is 22.0 Å². The van der Waals surface area contributed by atoms with E-state index in [1.54, 1.807) is 12.1 Å². The number of anilines is 1. The summed E-state index contributed by atoms with van der Waals surface area (Å²) >= 11 is 1.26. The zero-order chi connectivity index (χ0) is 23.3. The molecule has 0 fully saturated rings. The summed E-state index contributed by atoms with van der Waals surface area (Å²) in [5.74, 6) is -9.76. The first-order chi connectivity index (χ1) is 15.4. The van der Waals surface area contributed by atoms with Crippen LogP contribution in [0.15, 0.2) is 24.3 Å². The molecule has 2 aromatic rings. The molecule has 2 aromatic carbocycles. The molecule has 0 amide bonds. The molecule has 1 aliphatic rings. The Morgan fingerprint density at radius 1 is 0.812 bits per heavy atom. The van der Waals surface area contributed by atoms with Crippen LogP contribution in [-0.2, 0) is 4.74 Å². The van der Waals surface area contributed by atoms with E-state index in [0.29, 0.717) is 16.2 Å². The van der Waals surface area contributed by atoms with Crippen LogP contribution in [0.2, 0.25) is 0 Å². The predicted octanol–water partition coefficient (Wildman–Crippen LogP) is 7.38. The topological polar surface area (TPSA) is 12.5 Å². The first-order valence-corrected chi connectivity index (χ1v) is 11.8. The zero-order valence-electron chi connectivity index (χ0n) is 18.1. The number of rotatable bonds is 9. The first-order valence-electron chi connectivity index (χ1n) is 10.8. The molecule has 1 heterocycles. The molecule has 0 atom stereocenters. The quantitative estimate of drug-likeness (QED) is 0.215. The Hall–Kier alpha value is -2.22. The van der Waals surface area contributed by atoms with Crippen LogP contribution in [0.25, 0.3) is 10.7 Å². The lowest BCUT2D eigenvalue weighted by molar-refractivity contribution is 0.292. The Balaban J connectivity index is 2.02. The molecule has 0 saturated carbocycles. The van der Waals surface area contributed by atoms with Crippen LogP contribution in [0.5, 0.6) is 0 Å². The first kappa shape index (κ1) is 24.4. The van der Waals surface area contributed by atoms with Crippen LogP contribution in [0.3, 0.4) is 0 Å². The molecule has 0 saturated heterocycles. The van der Waals surface area contributed by atoms with Crippen molar-refractivity contribution in [1.82, 2.24) is 0 Å². The highest BCUT2D eigenvalue weighted by atomic mass is 32.2. The number of hydrogen-bond acceptors (Lipinski definition) is 3. The third kappa shape index (κ3) is 5.05. The monoisotopic (exact) mass is 471 g/mol. The zero-order valence-corrected chi connectivity index (χ0v) is 18.9. The number of thioether (sulfide) groups is 1. The standard InChI is InChI=1S/C24H26F5NOS/c1-3-5-11-30(12-6-4-2)16-9-7-15(8-10-16)24-23(31-13-14-32-24)17-18(25)20(27)22(29)21(28)19(17)26/h7-10H,3-6,11-14H2,1-2H3. The Morgan fingerprint density at radius 3 is 1.88 bits per heavy atom. The Morgan fingerprint density at radius 2 is 1.34 bits per heavy atom. The van der Waals surface area contributed by atoms with E-state index in [1.165, 1.54) is 11.8 Å². The summed E-state index contributed by atoms with van der Waals surface area (Å²) in [6, 6.07) is 7.42. The summed E-state index contributed by atoms with van der Waals surface area (Å²) in [6.45, 7) is 6.21. The highest BCUT2D eigenvalue weighted by molar-refractivity contribution is 8.08. The van der Waals surface area contributed by atoms with Crippen molar-refractivity contribution in [2.24, 2.45) is 0 Å². The van der Waals surface area contributed by atoms with Gasteiger partial charge in [0.05, 0.1) is 17.1 Å². The predicted molar refractivity (Wildman–Crippen MR) is 120 cm³/mol. The molecule has 32 heavy (non-hydrogen) atoms. The van der Waals surface area contributed by atoms with Gasteiger partial charge in [-0.1, -0.05) is 38.8 Å². The van der Waals surface area contributed by atoms with Crippen LogP contribution in [-0.4, -0.2) is 25.4 Å². The van der Waals surface area contributed by atoms with Gasteiger partial charge in [0.15, 0.2) is 23.3 Å². The lowest BCUT2D eigenvalue weighted by atomic mass is 10.1. The van der Waals surface area contributed by atoms with Gasteiger partial charge in [0.25, 0.3) is 0 Å². The van der Waals surface area contributed by atoms with Crippen molar-refractivity contribution >= 4 is 28.1 Å².